The van der Waals surface area contributed by atoms with E-state index in [1.807, 2.05) is 0 Å². The molecule has 0 radical (unpaired) electrons. The minimum atomic E-state index is -4.53. The van der Waals surface area contributed by atoms with Crippen molar-refractivity contribution in [3.05, 3.63) is 56.7 Å². The summed E-state index contributed by atoms with van der Waals surface area (Å²) in [6.07, 6.45) is -4.53. The lowest BCUT2D eigenvalue weighted by molar-refractivity contribution is -0.137. The van der Waals surface area contributed by atoms with Crippen LogP contribution in [-0.4, -0.2) is 9.13 Å². The highest BCUT2D eigenvalue weighted by Crippen LogP contribution is 2.30. The topological polar surface area (TPSA) is 70.0 Å². The number of rotatable bonds is 1. The summed E-state index contributed by atoms with van der Waals surface area (Å²) in [5, 5.41) is 0. The zero-order chi connectivity index (χ0) is 15.1. The zero-order valence-electron chi connectivity index (χ0n) is 10.3. The van der Waals surface area contributed by atoms with Gasteiger partial charge in [-0.05, 0) is 18.2 Å². The van der Waals surface area contributed by atoms with Gasteiger partial charge in [0.2, 0.25) is 0 Å². The van der Waals surface area contributed by atoms with Crippen LogP contribution in [-0.2, 0) is 13.2 Å². The van der Waals surface area contributed by atoms with Crippen molar-refractivity contribution in [2.75, 3.05) is 5.73 Å². The van der Waals surface area contributed by atoms with Crippen LogP contribution in [0.25, 0.3) is 5.69 Å². The fraction of sp³-hybridized carbons (Fsp3) is 0.167. The Balaban J connectivity index is 2.74. The number of nitrogens with zero attached hydrogens (tertiary/aromatic N) is 2. The predicted octanol–water partition coefficient (Wildman–Crippen LogP) is 1.14. The highest BCUT2D eigenvalue weighted by atomic mass is 19.4. The van der Waals surface area contributed by atoms with E-state index in [4.69, 9.17) is 5.73 Å². The largest absolute Gasteiger partial charge is 0.416 e. The Kier molecular flexibility index (Phi) is 3.16. The maximum atomic E-state index is 12.7. The fourth-order valence-corrected chi connectivity index (χ4v) is 1.72. The maximum Gasteiger partial charge on any atom is 0.416 e. The van der Waals surface area contributed by atoms with Gasteiger partial charge < -0.3 is 5.73 Å². The summed E-state index contributed by atoms with van der Waals surface area (Å²) in [4.78, 5) is 23.3. The Morgan fingerprint density at radius 1 is 1.15 bits per heavy atom. The number of halogens is 3. The molecule has 1 heterocycles. The van der Waals surface area contributed by atoms with Crippen LogP contribution in [0.4, 0.5) is 19.0 Å². The number of hydrogen-bond donors (Lipinski definition) is 1. The Hall–Kier alpha value is -2.51. The highest BCUT2D eigenvalue weighted by Gasteiger charge is 2.30. The standard InChI is InChI=1S/C12H10F3N3O2/c1-17-10(19)6-9(16)18(11(17)20)8-4-2-3-7(5-8)12(13,14)15/h2-6H,16H2,1H3. The van der Waals surface area contributed by atoms with E-state index in [9.17, 15) is 22.8 Å². The number of alkyl halides is 3. The van der Waals surface area contributed by atoms with Gasteiger partial charge in [-0.25, -0.2) is 9.36 Å². The van der Waals surface area contributed by atoms with Crippen molar-refractivity contribution in [1.82, 2.24) is 9.13 Å². The van der Waals surface area contributed by atoms with Crippen molar-refractivity contribution in [2.45, 2.75) is 6.18 Å². The summed E-state index contributed by atoms with van der Waals surface area (Å²) in [5.41, 5.74) is 3.15. The summed E-state index contributed by atoms with van der Waals surface area (Å²) in [6.45, 7) is 0. The molecule has 2 aromatic rings. The van der Waals surface area contributed by atoms with Gasteiger partial charge in [0, 0.05) is 13.1 Å². The second-order valence-corrected chi connectivity index (χ2v) is 4.13. The molecule has 0 saturated carbocycles. The molecule has 0 spiro atoms. The summed E-state index contributed by atoms with van der Waals surface area (Å²) >= 11 is 0. The van der Waals surface area contributed by atoms with E-state index < -0.39 is 23.0 Å². The molecule has 0 aliphatic rings. The van der Waals surface area contributed by atoms with E-state index in [-0.39, 0.29) is 11.5 Å². The molecule has 1 aromatic carbocycles. The first-order chi connectivity index (χ1) is 9.21. The summed E-state index contributed by atoms with van der Waals surface area (Å²) in [6, 6.07) is 5.11. The zero-order valence-corrected chi connectivity index (χ0v) is 10.3. The van der Waals surface area contributed by atoms with Crippen LogP contribution in [0.2, 0.25) is 0 Å². The van der Waals surface area contributed by atoms with Crippen LogP contribution in [0, 0.1) is 0 Å². The quantitative estimate of drug-likeness (QED) is 0.854. The van der Waals surface area contributed by atoms with Gasteiger partial charge in [0.25, 0.3) is 5.56 Å². The average Bonchev–Trinajstić information content (AvgIpc) is 2.35. The lowest BCUT2D eigenvalue weighted by Gasteiger charge is -2.13. The van der Waals surface area contributed by atoms with E-state index in [1.165, 1.54) is 13.1 Å². The summed E-state index contributed by atoms with van der Waals surface area (Å²) < 4.78 is 39.6. The average molecular weight is 285 g/mol. The number of benzene rings is 1. The summed E-state index contributed by atoms with van der Waals surface area (Å²) in [7, 11) is 1.22. The molecule has 0 aliphatic heterocycles. The van der Waals surface area contributed by atoms with E-state index in [2.05, 4.69) is 0 Å². The summed E-state index contributed by atoms with van der Waals surface area (Å²) in [5.74, 6) is -0.225. The molecule has 0 unspecified atom stereocenters. The molecule has 0 atom stereocenters. The molecule has 0 saturated heterocycles. The highest BCUT2D eigenvalue weighted by molar-refractivity contribution is 5.44. The van der Waals surface area contributed by atoms with Gasteiger partial charge in [-0.2, -0.15) is 13.2 Å². The number of aromatic nitrogens is 2. The lowest BCUT2D eigenvalue weighted by Crippen LogP contribution is -2.38. The number of nitrogens with two attached hydrogens (primary N) is 1. The van der Waals surface area contributed by atoms with Crippen molar-refractivity contribution in [3.8, 4) is 5.69 Å². The van der Waals surface area contributed by atoms with Crippen LogP contribution in [0.3, 0.4) is 0 Å². The van der Waals surface area contributed by atoms with Crippen molar-refractivity contribution >= 4 is 5.82 Å². The third kappa shape index (κ3) is 2.31. The first-order valence-electron chi connectivity index (χ1n) is 5.48. The first kappa shape index (κ1) is 13.9. The van der Waals surface area contributed by atoms with Crippen LogP contribution < -0.4 is 17.0 Å². The molecule has 8 heteroatoms. The Bertz CT molecular complexity index is 775. The first-order valence-corrected chi connectivity index (χ1v) is 5.48. The Morgan fingerprint density at radius 3 is 2.40 bits per heavy atom. The smallest absolute Gasteiger partial charge is 0.385 e. The second-order valence-electron chi connectivity index (χ2n) is 4.13. The van der Waals surface area contributed by atoms with E-state index in [0.717, 1.165) is 33.4 Å². The van der Waals surface area contributed by atoms with Crippen molar-refractivity contribution < 1.29 is 13.2 Å². The molecule has 0 aliphatic carbocycles. The van der Waals surface area contributed by atoms with Gasteiger partial charge in [-0.15, -0.1) is 0 Å². The molecule has 0 bridgehead atoms. The SMILES string of the molecule is Cn1c(=O)cc(N)n(-c2cccc(C(F)(F)F)c2)c1=O. The van der Waals surface area contributed by atoms with Crippen LogP contribution in [0.5, 0.6) is 0 Å². The van der Waals surface area contributed by atoms with E-state index >= 15 is 0 Å². The third-order valence-corrected chi connectivity index (χ3v) is 2.77. The molecule has 2 rings (SSSR count). The number of nitrogen functional groups attached to an aromatic ring is 1. The molecule has 0 fully saturated rings. The molecule has 0 amide bonds. The molecule has 1 aromatic heterocycles. The van der Waals surface area contributed by atoms with Gasteiger partial charge in [0.1, 0.15) is 5.82 Å². The lowest BCUT2D eigenvalue weighted by atomic mass is 10.2. The molecule has 5 nitrogen and oxygen atoms in total. The number of anilines is 1. The van der Waals surface area contributed by atoms with Crippen LogP contribution in [0.1, 0.15) is 5.56 Å². The molecular formula is C12H10F3N3O2. The minimum Gasteiger partial charge on any atom is -0.385 e. The second kappa shape index (κ2) is 4.55. The van der Waals surface area contributed by atoms with Gasteiger partial charge in [0.15, 0.2) is 0 Å². The Labute approximate surface area is 110 Å². The number of hydrogen-bond acceptors (Lipinski definition) is 3. The van der Waals surface area contributed by atoms with Crippen LogP contribution in [0.15, 0.2) is 39.9 Å². The van der Waals surface area contributed by atoms with Gasteiger partial charge in [0.05, 0.1) is 11.3 Å². The van der Waals surface area contributed by atoms with Gasteiger partial charge in [-0.3, -0.25) is 9.36 Å². The van der Waals surface area contributed by atoms with Gasteiger partial charge >= 0.3 is 11.9 Å². The Morgan fingerprint density at radius 2 is 1.80 bits per heavy atom. The van der Waals surface area contributed by atoms with Crippen molar-refractivity contribution in [3.63, 3.8) is 0 Å². The van der Waals surface area contributed by atoms with E-state index in [1.54, 1.807) is 0 Å². The van der Waals surface area contributed by atoms with Gasteiger partial charge in [-0.1, -0.05) is 6.07 Å². The monoisotopic (exact) mass is 285 g/mol. The molecule has 106 valence electrons. The van der Waals surface area contributed by atoms with E-state index in [0.29, 0.717) is 0 Å². The van der Waals surface area contributed by atoms with Crippen LogP contribution >= 0.6 is 0 Å². The van der Waals surface area contributed by atoms with Crippen molar-refractivity contribution in [2.24, 2.45) is 7.05 Å². The fourth-order valence-electron chi connectivity index (χ4n) is 1.72. The third-order valence-electron chi connectivity index (χ3n) is 2.77. The van der Waals surface area contributed by atoms with Crippen molar-refractivity contribution in [1.29, 1.82) is 0 Å². The normalized spacial score (nSPS) is 11.6. The maximum absolute atomic E-state index is 12.7. The minimum absolute atomic E-state index is 0.0575. The molecular weight excluding hydrogens is 275 g/mol. The predicted molar refractivity (Wildman–Crippen MR) is 66.7 cm³/mol. The molecule has 2 N–H and O–H groups in total. The molecule has 20 heavy (non-hydrogen) atoms.